The Kier molecular flexibility index (Phi) is 13.8. The van der Waals surface area contributed by atoms with Crippen LogP contribution in [0.5, 0.6) is 0 Å². The highest BCUT2D eigenvalue weighted by Gasteiger charge is 2.45. The van der Waals surface area contributed by atoms with Gasteiger partial charge >= 0.3 is 6.07 Å². The third-order valence-corrected chi connectivity index (χ3v) is 14.2. The molecule has 11 rings (SSSR count). The molecule has 0 radical (unpaired) electrons. The zero-order chi connectivity index (χ0) is 51.4. The van der Waals surface area contributed by atoms with Crippen molar-refractivity contribution in [2.24, 2.45) is 0 Å². The molecule has 20 nitrogen and oxygen atoms in total. The average Bonchev–Trinajstić information content (AvgIpc) is 4.32. The Morgan fingerprint density at radius 3 is 1.84 bits per heavy atom. The molecule has 20 heteroatoms. The first-order chi connectivity index (χ1) is 36.6. The second-order valence-electron chi connectivity index (χ2n) is 19.6. The van der Waals surface area contributed by atoms with Crippen LogP contribution in [0.25, 0.3) is 50.1 Å². The highest BCUT2D eigenvalue weighted by molar-refractivity contribution is 5.70. The molecule has 2 aromatic carbocycles. The van der Waals surface area contributed by atoms with Gasteiger partial charge in [0.05, 0.1) is 108 Å². The van der Waals surface area contributed by atoms with Gasteiger partial charge in [0.2, 0.25) is 11.9 Å². The van der Waals surface area contributed by atoms with E-state index in [1.165, 1.54) is 0 Å². The van der Waals surface area contributed by atoms with Crippen LogP contribution in [-0.4, -0.2) is 112 Å². The normalized spacial score (nSPS) is 19.9. The molecular weight excluding hydrogens is 949 g/mol. The number of anilines is 2. The van der Waals surface area contributed by atoms with Crippen molar-refractivity contribution in [3.8, 4) is 57.4 Å². The Hall–Kier alpha value is -8.40. The zero-order valence-electron chi connectivity index (χ0n) is 41.1. The van der Waals surface area contributed by atoms with Crippen LogP contribution in [0, 0.1) is 17.4 Å². The van der Waals surface area contributed by atoms with Gasteiger partial charge in [0.15, 0.2) is 0 Å². The predicted molar refractivity (Wildman–Crippen MR) is 277 cm³/mol. The molecule has 4 atom stereocenters. The largest absolute Gasteiger partial charge is 0.395 e. The smallest absolute Gasteiger partial charge is 0.311 e. The second-order valence-corrected chi connectivity index (χ2v) is 19.6. The van der Waals surface area contributed by atoms with Crippen LogP contribution in [0.3, 0.4) is 0 Å². The van der Waals surface area contributed by atoms with Gasteiger partial charge in [0.25, 0.3) is 6.04 Å². The molecule has 378 valence electrons. The van der Waals surface area contributed by atoms with Crippen LogP contribution in [-0.2, 0) is 24.3 Å². The fraction of sp³-hybridized carbons (Fsp3) is 0.345. The summed E-state index contributed by atoms with van der Waals surface area (Å²) in [5, 5.41) is 76.9. The van der Waals surface area contributed by atoms with Crippen LogP contribution in [0.2, 0.25) is 0 Å². The van der Waals surface area contributed by atoms with E-state index in [0.29, 0.717) is 114 Å². The molecule has 3 saturated carbocycles. The minimum atomic E-state index is -1.20. The first-order valence-corrected chi connectivity index (χ1v) is 25.4. The topological polar surface area (TPSA) is 272 Å². The fourth-order valence-electron chi connectivity index (χ4n) is 10.2. The highest BCUT2D eigenvalue weighted by atomic mass is 16.3. The summed E-state index contributed by atoms with van der Waals surface area (Å²) in [7, 11) is 0. The summed E-state index contributed by atoms with van der Waals surface area (Å²) in [5.74, 6) is 0.674. The Balaban J connectivity index is 0.781. The summed E-state index contributed by atoms with van der Waals surface area (Å²) in [5.41, 5.74) is 6.69. The number of benzene rings is 2. The van der Waals surface area contributed by atoms with Gasteiger partial charge in [-0.15, -0.1) is 10.2 Å². The molecule has 0 spiro atoms. The number of nitriles is 1. The second kappa shape index (κ2) is 21.2. The molecular formula is C55H55N16O4+. The average molecular weight is 1000 g/mol. The van der Waals surface area contributed by atoms with Gasteiger partial charge in [0.1, 0.15) is 28.2 Å². The van der Waals surface area contributed by atoms with E-state index in [0.717, 1.165) is 48.1 Å². The number of pyridine rings is 2. The summed E-state index contributed by atoms with van der Waals surface area (Å²) in [6.07, 6.45) is 10.3. The van der Waals surface area contributed by atoms with Crippen LogP contribution in [0.15, 0.2) is 109 Å². The number of aromatic nitrogens is 12. The van der Waals surface area contributed by atoms with Gasteiger partial charge in [-0.3, -0.25) is 9.97 Å². The molecule has 3 aliphatic carbocycles. The number of aliphatic hydroxyl groups is 4. The summed E-state index contributed by atoms with van der Waals surface area (Å²) in [6.45, 7) is 0.793. The van der Waals surface area contributed by atoms with Crippen molar-refractivity contribution in [1.29, 1.82) is 5.26 Å². The van der Waals surface area contributed by atoms with Crippen molar-refractivity contribution >= 4 is 11.9 Å². The van der Waals surface area contributed by atoms with Gasteiger partial charge in [-0.2, -0.15) is 5.26 Å². The molecule has 8 aromatic rings. The molecule has 0 amide bonds. The maximum Gasteiger partial charge on any atom is 0.311 e. The SMILES string of the molecule is N#Cc1cccc(-c2cc(-c3cn(Cc4cccc(C5(O)CCC([N+]#Cc6cccc(-c7cc(-c8cn(Cc9cccc(C%10(O)CCCC%10)n9)nn8)nc(N[C@@H]8CCC[C@H]8O)n7)c6)C5)n4)nn3)nc(NCCO)n2)c1. The molecule has 0 aliphatic heterocycles. The molecule has 2 unspecified atom stereocenters. The Bertz CT molecular complexity index is 3470. The van der Waals surface area contributed by atoms with E-state index in [-0.39, 0.29) is 31.8 Å². The van der Waals surface area contributed by atoms with E-state index in [9.17, 15) is 25.7 Å². The Morgan fingerprint density at radius 2 is 1.21 bits per heavy atom. The van der Waals surface area contributed by atoms with Crippen LogP contribution in [0.4, 0.5) is 11.9 Å². The van der Waals surface area contributed by atoms with Gasteiger partial charge in [-0.25, -0.2) is 29.3 Å². The highest BCUT2D eigenvalue weighted by Crippen LogP contribution is 2.40. The maximum atomic E-state index is 12.0. The minimum Gasteiger partial charge on any atom is -0.395 e. The van der Waals surface area contributed by atoms with Crippen LogP contribution in [0.1, 0.15) is 98.1 Å². The lowest BCUT2D eigenvalue weighted by Gasteiger charge is -2.21. The van der Waals surface area contributed by atoms with Crippen molar-refractivity contribution < 1.29 is 20.4 Å². The van der Waals surface area contributed by atoms with E-state index >= 15 is 0 Å². The van der Waals surface area contributed by atoms with Gasteiger partial charge in [-0.1, -0.05) is 64.5 Å². The summed E-state index contributed by atoms with van der Waals surface area (Å²) in [6, 6.07) is 34.9. The van der Waals surface area contributed by atoms with E-state index in [4.69, 9.17) is 24.8 Å². The van der Waals surface area contributed by atoms with Gasteiger partial charge < -0.3 is 31.1 Å². The monoisotopic (exact) mass is 1000 g/mol. The number of nitrogens with zero attached hydrogens (tertiary/aromatic N) is 14. The summed E-state index contributed by atoms with van der Waals surface area (Å²) >= 11 is 0. The fourth-order valence-corrected chi connectivity index (χ4v) is 10.2. The van der Waals surface area contributed by atoms with Gasteiger partial charge in [-0.05, 0) is 99.2 Å². The van der Waals surface area contributed by atoms with E-state index in [1.54, 1.807) is 39.8 Å². The quantitative estimate of drug-likeness (QED) is 0.0641. The lowest BCUT2D eigenvalue weighted by atomic mass is 9.96. The third kappa shape index (κ3) is 11.1. The first-order valence-electron chi connectivity index (χ1n) is 25.4. The maximum absolute atomic E-state index is 12.0. The summed E-state index contributed by atoms with van der Waals surface area (Å²) in [4.78, 5) is 33.5. The van der Waals surface area contributed by atoms with Crippen molar-refractivity contribution in [2.45, 2.75) is 107 Å². The van der Waals surface area contributed by atoms with E-state index < -0.39 is 17.3 Å². The molecule has 6 N–H and O–H groups in total. The molecule has 3 aliphatic rings. The van der Waals surface area contributed by atoms with Crippen molar-refractivity contribution in [1.82, 2.24) is 59.9 Å². The van der Waals surface area contributed by atoms with Crippen molar-refractivity contribution in [2.75, 3.05) is 23.8 Å². The van der Waals surface area contributed by atoms with E-state index in [1.807, 2.05) is 79.0 Å². The molecule has 0 saturated heterocycles. The molecule has 6 aromatic heterocycles. The number of hydrogen-bond acceptors (Lipinski definition) is 17. The van der Waals surface area contributed by atoms with Crippen LogP contribution < -0.4 is 10.6 Å². The lowest BCUT2D eigenvalue weighted by molar-refractivity contribution is 0.0391. The number of nitrogens with one attached hydrogen (secondary N) is 2. The Labute approximate surface area is 432 Å². The third-order valence-electron chi connectivity index (χ3n) is 14.2. The molecule has 6 heterocycles. The first kappa shape index (κ1) is 48.8. The molecule has 0 bridgehead atoms. The summed E-state index contributed by atoms with van der Waals surface area (Å²) < 4.78 is 3.37. The molecule has 3 fully saturated rings. The van der Waals surface area contributed by atoms with Gasteiger partial charge in [0, 0.05) is 24.1 Å². The standard InChI is InChI=1S/C55H55N16O4/c56-29-35-8-3-10-37(24-35)43-26-45(64-52(62-43)57-22-23-72)47-33-71(68-66-47)32-41-13-6-17-51(60-41)55(75)21-18-39(28-55)58-30-36-9-4-11-38(25-36)44-27-46(65-53(63-44)61-42-14-7-15-49(42)73)48-34-70(69-67-48)31-40-12-5-16-50(59-40)54(74)19-1-2-20-54/h3-6,8-13,16-17,24-27,33-34,39,42,49,72-75H,1-2,7,14-15,18-23,28,31-32H2,(H,57,62,64)(H,61,63,65)/q+1/t39?,42-,49-,55?/m1/s1. The Morgan fingerprint density at radius 1 is 0.627 bits per heavy atom. The number of aliphatic hydroxyl groups excluding tert-OH is 2. The van der Waals surface area contributed by atoms with Crippen molar-refractivity contribution in [3.05, 3.63) is 148 Å². The molecule has 75 heavy (non-hydrogen) atoms. The predicted octanol–water partition coefficient (Wildman–Crippen LogP) is 6.49. The minimum absolute atomic E-state index is 0.106. The number of hydrogen-bond donors (Lipinski definition) is 6. The van der Waals surface area contributed by atoms with Crippen LogP contribution >= 0.6 is 0 Å². The van der Waals surface area contributed by atoms with Crippen molar-refractivity contribution in [3.63, 3.8) is 0 Å². The zero-order valence-corrected chi connectivity index (χ0v) is 41.1. The number of rotatable bonds is 15. The lowest BCUT2D eigenvalue weighted by Crippen LogP contribution is -2.29. The van der Waals surface area contributed by atoms with E-state index in [2.05, 4.69) is 53.4 Å².